The average Bonchev–Trinajstić information content (AvgIpc) is 3.26. The zero-order valence-corrected chi connectivity index (χ0v) is 22.3. The normalized spacial score (nSPS) is 11.0. The molecular formula is C29H41N3O4. The second-order valence-corrected chi connectivity index (χ2v) is 9.06. The number of methoxy groups -OCH3 is 3. The van der Waals surface area contributed by atoms with Gasteiger partial charge in [-0.25, -0.2) is 4.98 Å². The van der Waals surface area contributed by atoms with E-state index < -0.39 is 0 Å². The minimum Gasteiger partial charge on any atom is -0.493 e. The summed E-state index contributed by atoms with van der Waals surface area (Å²) < 4.78 is 18.4. The van der Waals surface area contributed by atoms with Crippen LogP contribution in [-0.4, -0.2) is 43.3 Å². The molecule has 3 aromatic rings. The van der Waals surface area contributed by atoms with Crippen molar-refractivity contribution in [1.29, 1.82) is 0 Å². The van der Waals surface area contributed by atoms with E-state index in [-0.39, 0.29) is 5.91 Å². The van der Waals surface area contributed by atoms with Crippen molar-refractivity contribution in [2.75, 3.05) is 27.9 Å². The maximum atomic E-state index is 12.7. The van der Waals surface area contributed by atoms with Gasteiger partial charge in [0.15, 0.2) is 11.5 Å². The van der Waals surface area contributed by atoms with Gasteiger partial charge in [-0.2, -0.15) is 0 Å². The van der Waals surface area contributed by atoms with Crippen LogP contribution in [0.1, 0.15) is 74.5 Å². The van der Waals surface area contributed by atoms with E-state index in [4.69, 9.17) is 19.2 Å². The minimum atomic E-state index is -0.154. The first-order valence-corrected chi connectivity index (χ1v) is 13.1. The lowest BCUT2D eigenvalue weighted by Crippen LogP contribution is -2.24. The lowest BCUT2D eigenvalue weighted by molar-refractivity contribution is 0.0952. The summed E-state index contributed by atoms with van der Waals surface area (Å²) in [5.41, 5.74) is 2.80. The van der Waals surface area contributed by atoms with E-state index in [1.54, 1.807) is 33.5 Å². The summed E-state index contributed by atoms with van der Waals surface area (Å²) in [6, 6.07) is 11.8. The van der Waals surface area contributed by atoms with Crippen LogP contribution in [0.2, 0.25) is 0 Å². The number of nitrogens with one attached hydrogen (secondary N) is 1. The maximum Gasteiger partial charge on any atom is 0.251 e. The highest BCUT2D eigenvalue weighted by Crippen LogP contribution is 2.38. The SMILES string of the molecule is CCCCCCCn1c(CCCCCNC(=O)c2cc(OC)c(OC)c(OC)c2)nc2ccccc21. The molecule has 0 aliphatic carbocycles. The van der Waals surface area contributed by atoms with Crippen LogP contribution in [0.4, 0.5) is 0 Å². The molecule has 0 aliphatic heterocycles. The molecule has 7 nitrogen and oxygen atoms in total. The predicted molar refractivity (Wildman–Crippen MR) is 144 cm³/mol. The highest BCUT2D eigenvalue weighted by molar-refractivity contribution is 5.95. The van der Waals surface area contributed by atoms with E-state index in [1.165, 1.54) is 43.4 Å². The molecule has 0 bridgehead atoms. The summed E-state index contributed by atoms with van der Waals surface area (Å²) in [6.45, 7) is 3.90. The van der Waals surface area contributed by atoms with Gasteiger partial charge in [0.25, 0.3) is 5.91 Å². The molecule has 0 radical (unpaired) electrons. The van der Waals surface area contributed by atoms with Gasteiger partial charge in [0.2, 0.25) is 5.75 Å². The molecule has 0 unspecified atom stereocenters. The topological polar surface area (TPSA) is 74.6 Å². The summed E-state index contributed by atoms with van der Waals surface area (Å²) >= 11 is 0. The van der Waals surface area contributed by atoms with Crippen LogP contribution in [0.3, 0.4) is 0 Å². The molecule has 1 heterocycles. The second-order valence-electron chi connectivity index (χ2n) is 9.06. The number of carbonyl (C=O) groups excluding carboxylic acids is 1. The smallest absolute Gasteiger partial charge is 0.251 e. The molecule has 36 heavy (non-hydrogen) atoms. The minimum absolute atomic E-state index is 0.154. The van der Waals surface area contributed by atoms with Crippen molar-refractivity contribution in [3.8, 4) is 17.2 Å². The van der Waals surface area contributed by atoms with Gasteiger partial charge >= 0.3 is 0 Å². The molecule has 1 aromatic heterocycles. The lowest BCUT2D eigenvalue weighted by Gasteiger charge is -2.14. The summed E-state index contributed by atoms with van der Waals surface area (Å²) in [5.74, 6) is 2.43. The molecule has 1 amide bonds. The number of aryl methyl sites for hydroxylation is 2. The van der Waals surface area contributed by atoms with Crippen molar-refractivity contribution in [1.82, 2.24) is 14.9 Å². The third-order valence-corrected chi connectivity index (χ3v) is 6.51. The monoisotopic (exact) mass is 495 g/mol. The number of para-hydroxylation sites is 2. The molecule has 196 valence electrons. The van der Waals surface area contributed by atoms with Crippen molar-refractivity contribution >= 4 is 16.9 Å². The van der Waals surface area contributed by atoms with E-state index >= 15 is 0 Å². The molecule has 0 atom stereocenters. The number of unbranched alkanes of at least 4 members (excludes halogenated alkanes) is 6. The number of imidazole rings is 1. The number of hydrogen-bond donors (Lipinski definition) is 1. The van der Waals surface area contributed by atoms with Crippen LogP contribution in [0, 0.1) is 0 Å². The third-order valence-electron chi connectivity index (χ3n) is 6.51. The molecule has 7 heteroatoms. The Balaban J connectivity index is 1.48. The van der Waals surface area contributed by atoms with Crippen LogP contribution in [0.25, 0.3) is 11.0 Å². The van der Waals surface area contributed by atoms with Crippen LogP contribution < -0.4 is 19.5 Å². The van der Waals surface area contributed by atoms with E-state index in [0.29, 0.717) is 29.4 Å². The van der Waals surface area contributed by atoms with Crippen molar-refractivity contribution in [3.63, 3.8) is 0 Å². The predicted octanol–water partition coefficient (Wildman–Crippen LogP) is 6.18. The third kappa shape index (κ3) is 7.15. The van der Waals surface area contributed by atoms with Gasteiger partial charge in [0.05, 0.1) is 32.4 Å². The summed E-state index contributed by atoms with van der Waals surface area (Å²) in [7, 11) is 4.63. The second kappa shape index (κ2) is 14.4. The molecule has 0 aliphatic rings. The Morgan fingerprint density at radius 3 is 2.28 bits per heavy atom. The molecular weight excluding hydrogens is 454 g/mol. The standard InChI is InChI=1S/C29H41N3O4/c1-5-6-7-8-14-19-32-24-16-12-11-15-23(24)31-27(32)17-10-9-13-18-30-29(33)22-20-25(34-2)28(36-4)26(21-22)35-3/h11-12,15-16,20-21H,5-10,13-14,17-19H2,1-4H3,(H,30,33). The number of rotatable bonds is 16. The van der Waals surface area contributed by atoms with Gasteiger partial charge < -0.3 is 24.1 Å². The summed E-state index contributed by atoms with van der Waals surface area (Å²) in [4.78, 5) is 17.6. The van der Waals surface area contributed by atoms with Crippen LogP contribution >= 0.6 is 0 Å². The molecule has 1 N–H and O–H groups in total. The summed E-state index contributed by atoms with van der Waals surface area (Å²) in [6.07, 6.45) is 10.3. The van der Waals surface area contributed by atoms with Gasteiger partial charge in [-0.15, -0.1) is 0 Å². The van der Waals surface area contributed by atoms with Crippen LogP contribution in [0.15, 0.2) is 36.4 Å². The average molecular weight is 496 g/mol. The number of aromatic nitrogens is 2. The first-order chi connectivity index (χ1) is 17.6. The number of ether oxygens (including phenoxy) is 3. The van der Waals surface area contributed by atoms with E-state index in [0.717, 1.165) is 37.7 Å². The van der Waals surface area contributed by atoms with Crippen LogP contribution in [0.5, 0.6) is 17.2 Å². The van der Waals surface area contributed by atoms with Gasteiger partial charge in [-0.3, -0.25) is 4.79 Å². The maximum absolute atomic E-state index is 12.7. The largest absolute Gasteiger partial charge is 0.493 e. The molecule has 0 saturated carbocycles. The lowest BCUT2D eigenvalue weighted by atomic mass is 10.1. The molecule has 2 aromatic carbocycles. The Morgan fingerprint density at radius 1 is 0.889 bits per heavy atom. The molecule has 0 fully saturated rings. The number of nitrogens with zero attached hydrogens (tertiary/aromatic N) is 2. The van der Waals surface area contributed by atoms with Crippen molar-refractivity contribution in [2.24, 2.45) is 0 Å². The first kappa shape index (κ1) is 27.4. The molecule has 0 spiro atoms. The van der Waals surface area contributed by atoms with Crippen molar-refractivity contribution in [2.45, 2.75) is 71.3 Å². The zero-order valence-electron chi connectivity index (χ0n) is 22.3. The van der Waals surface area contributed by atoms with Gasteiger partial charge in [-0.05, 0) is 43.5 Å². The fourth-order valence-corrected chi connectivity index (χ4v) is 4.54. The number of amides is 1. The number of fused-ring (bicyclic) bond motifs is 1. The van der Waals surface area contributed by atoms with Crippen molar-refractivity contribution in [3.05, 3.63) is 47.8 Å². The van der Waals surface area contributed by atoms with Crippen molar-refractivity contribution < 1.29 is 19.0 Å². The number of carbonyl (C=O) groups is 1. The fourth-order valence-electron chi connectivity index (χ4n) is 4.54. The first-order valence-electron chi connectivity index (χ1n) is 13.1. The van der Waals surface area contributed by atoms with Crippen LogP contribution in [-0.2, 0) is 13.0 Å². The van der Waals surface area contributed by atoms with Gasteiger partial charge in [-0.1, -0.05) is 51.2 Å². The molecule has 3 rings (SSSR count). The number of hydrogen-bond acceptors (Lipinski definition) is 5. The van der Waals surface area contributed by atoms with E-state index in [2.05, 4.69) is 41.1 Å². The zero-order chi connectivity index (χ0) is 25.8. The molecule has 0 saturated heterocycles. The highest BCUT2D eigenvalue weighted by atomic mass is 16.5. The van der Waals surface area contributed by atoms with E-state index in [9.17, 15) is 4.79 Å². The fraction of sp³-hybridized carbons (Fsp3) is 0.517. The Labute approximate surface area is 215 Å². The van der Waals surface area contributed by atoms with E-state index in [1.807, 2.05) is 0 Å². The number of benzene rings is 2. The Kier molecular flexibility index (Phi) is 10.9. The highest BCUT2D eigenvalue weighted by Gasteiger charge is 2.17. The Bertz CT molecular complexity index is 1080. The quantitative estimate of drug-likeness (QED) is 0.240. The Hall–Kier alpha value is -3.22. The Morgan fingerprint density at radius 2 is 1.58 bits per heavy atom. The summed E-state index contributed by atoms with van der Waals surface area (Å²) in [5, 5.41) is 3.00. The van der Waals surface area contributed by atoms with Gasteiger partial charge in [0.1, 0.15) is 5.82 Å². The van der Waals surface area contributed by atoms with Gasteiger partial charge in [0, 0.05) is 25.1 Å².